The first-order valence-corrected chi connectivity index (χ1v) is 23.8. The minimum absolute atomic E-state index is 0.0205. The number of H-pyrrole nitrogens is 1. The Morgan fingerprint density at radius 2 is 1.52 bits per heavy atom. The van der Waals surface area contributed by atoms with E-state index in [2.05, 4.69) is 32.7 Å². The summed E-state index contributed by atoms with van der Waals surface area (Å²) in [7, 11) is -13.7. The van der Waals surface area contributed by atoms with Gasteiger partial charge in [-0.05, 0) is 29.1 Å². The van der Waals surface area contributed by atoms with Crippen LogP contribution in [0.4, 0.5) is 0 Å². The molecule has 1 spiro atoms. The van der Waals surface area contributed by atoms with Crippen molar-refractivity contribution in [1.29, 1.82) is 0 Å². The maximum Gasteiger partial charge on any atom is 0.335 e. The third-order valence-electron chi connectivity index (χ3n) is 9.63. The fraction of sp³-hybridized carbons (Fsp3) is 0.857. The number of ether oxygens (including phenoxy) is 1. The van der Waals surface area contributed by atoms with Gasteiger partial charge < -0.3 is 17.7 Å². The van der Waals surface area contributed by atoms with Gasteiger partial charge in [0.2, 0.25) is 0 Å². The molecule has 0 bridgehead atoms. The van der Waals surface area contributed by atoms with E-state index >= 15 is 0 Å². The van der Waals surface area contributed by atoms with Gasteiger partial charge in [0, 0.05) is 37.2 Å². The molecular formula is C28H51N3O11S2Si2. The molecule has 4 rings (SSSR count). The maximum absolute atomic E-state index is 13.5. The molecule has 3 saturated heterocycles. The van der Waals surface area contributed by atoms with E-state index < -0.39 is 77.5 Å². The van der Waals surface area contributed by atoms with Gasteiger partial charge in [-0.3, -0.25) is 19.2 Å². The highest BCUT2D eigenvalue weighted by Crippen LogP contribution is 2.56. The largest absolute Gasteiger partial charge is 0.414 e. The number of hydrogen-bond donors (Lipinski definition) is 1. The van der Waals surface area contributed by atoms with E-state index in [-0.39, 0.29) is 53.1 Å². The number of aryl methyl sites for hydroxylation is 1. The second kappa shape index (κ2) is 12.9. The van der Waals surface area contributed by atoms with Crippen molar-refractivity contribution < 1.29 is 39.4 Å². The third kappa shape index (κ3) is 6.55. The number of hydrogen-bond acceptors (Lipinski definition) is 12. The molecule has 0 aliphatic carbocycles. The molecule has 264 valence electrons. The van der Waals surface area contributed by atoms with Crippen LogP contribution in [0.3, 0.4) is 0 Å². The van der Waals surface area contributed by atoms with Crippen molar-refractivity contribution in [3.8, 4) is 0 Å². The van der Waals surface area contributed by atoms with Crippen LogP contribution in [0.5, 0.6) is 0 Å². The van der Waals surface area contributed by atoms with Gasteiger partial charge in [0.05, 0.1) is 12.4 Å². The summed E-state index contributed by atoms with van der Waals surface area (Å²) in [5.41, 5.74) is -4.15. The van der Waals surface area contributed by atoms with E-state index in [0.717, 1.165) is 12.5 Å². The first kappa shape index (κ1) is 37.6. The van der Waals surface area contributed by atoms with Crippen molar-refractivity contribution in [2.75, 3.05) is 31.4 Å². The Morgan fingerprint density at radius 1 is 0.957 bits per heavy atom. The predicted octanol–water partition coefficient (Wildman–Crippen LogP) is 2.49. The third-order valence-corrected chi connectivity index (χ3v) is 22.0. The van der Waals surface area contributed by atoms with Crippen LogP contribution in [0, 0.1) is 6.92 Å². The molecule has 0 unspecified atom stereocenters. The summed E-state index contributed by atoms with van der Waals surface area (Å²) < 4.78 is 80.6. The van der Waals surface area contributed by atoms with E-state index in [0.29, 0.717) is 0 Å². The second-order valence-corrected chi connectivity index (χ2v) is 27.6. The van der Waals surface area contributed by atoms with Crippen molar-refractivity contribution in [3.05, 3.63) is 32.6 Å². The zero-order chi connectivity index (χ0) is 34.8. The molecule has 4 heterocycles. The lowest BCUT2D eigenvalue weighted by Gasteiger charge is -2.53. The summed E-state index contributed by atoms with van der Waals surface area (Å²) in [4.78, 5) is 34.3. The van der Waals surface area contributed by atoms with Gasteiger partial charge in [-0.1, -0.05) is 55.4 Å². The van der Waals surface area contributed by atoms with Crippen LogP contribution in [0.2, 0.25) is 22.2 Å². The van der Waals surface area contributed by atoms with Gasteiger partial charge in [0.1, 0.15) is 27.6 Å². The number of aromatic nitrogens is 2. The van der Waals surface area contributed by atoms with Crippen molar-refractivity contribution in [2.45, 2.75) is 120 Å². The van der Waals surface area contributed by atoms with Crippen molar-refractivity contribution in [2.24, 2.45) is 0 Å². The number of nitrogens with one attached hydrogen (secondary N) is 1. The highest BCUT2D eigenvalue weighted by Gasteiger charge is 2.71. The SMILES string of the molecule is Cc1cn([C@@H]2O[C@@H]3CO[Si](C(C)C)(C(C)C)O[Si](C(C)C)(C(C)C)O[C@H]3[C@@]23C[C@H](S(C)(=O)=O)ON3CCS(C)(=O)=O)c(=O)[nH]c1=O. The van der Waals surface area contributed by atoms with Crippen LogP contribution >= 0.6 is 0 Å². The molecule has 0 aromatic carbocycles. The molecule has 14 nitrogen and oxygen atoms in total. The minimum atomic E-state index is -3.85. The molecule has 1 aromatic heterocycles. The number of fused-ring (bicyclic) bond motifs is 2. The number of hydroxylamine groups is 2. The highest BCUT2D eigenvalue weighted by atomic mass is 32.2. The molecule has 3 fully saturated rings. The van der Waals surface area contributed by atoms with Crippen LogP contribution in [0.15, 0.2) is 15.8 Å². The minimum Gasteiger partial charge on any atom is -0.414 e. The molecule has 3 aliphatic heterocycles. The molecule has 3 aliphatic rings. The second-order valence-electron chi connectivity index (χ2n) is 14.3. The average molecular weight is 726 g/mol. The van der Waals surface area contributed by atoms with Crippen molar-refractivity contribution in [1.82, 2.24) is 14.6 Å². The van der Waals surface area contributed by atoms with Gasteiger partial charge in [-0.15, -0.1) is 0 Å². The van der Waals surface area contributed by atoms with Crippen LogP contribution in [-0.2, 0) is 42.2 Å². The zero-order valence-electron chi connectivity index (χ0n) is 28.7. The Balaban J connectivity index is 2.05. The summed E-state index contributed by atoms with van der Waals surface area (Å²) in [6, 6.07) is 0. The molecule has 1 N–H and O–H groups in total. The molecule has 46 heavy (non-hydrogen) atoms. The van der Waals surface area contributed by atoms with Gasteiger partial charge in [-0.2, -0.15) is 5.06 Å². The first-order chi connectivity index (χ1) is 21.0. The van der Waals surface area contributed by atoms with Crippen LogP contribution in [0.25, 0.3) is 0 Å². The molecule has 1 aromatic rings. The topological polar surface area (TPSA) is 173 Å². The molecule has 0 amide bonds. The first-order valence-electron chi connectivity index (χ1n) is 15.8. The summed E-state index contributed by atoms with van der Waals surface area (Å²) >= 11 is 0. The summed E-state index contributed by atoms with van der Waals surface area (Å²) in [5, 5.41) is 1.33. The Kier molecular flexibility index (Phi) is 10.5. The van der Waals surface area contributed by atoms with Crippen molar-refractivity contribution in [3.63, 3.8) is 0 Å². The maximum atomic E-state index is 13.5. The van der Waals surface area contributed by atoms with Gasteiger partial charge in [0.25, 0.3) is 5.56 Å². The average Bonchev–Trinajstić information content (AvgIpc) is 3.42. The standard InChI is InChI=1S/C28H51N3O11S2Si2/c1-17(2)45(18(3)4)38-16-22-24(41-46(42-45,19(5)6)20(7)8)28(26(39-22)30-15-21(9)25(32)29-27(30)33)14-23(44(11,36)37)40-31(28)12-13-43(10,34)35/h15,17-20,22-24,26H,12-14,16H2,1-11H3,(H,29,32,33)/t22-,23+,24-,26-,28+/m1/s1. The van der Waals surface area contributed by atoms with E-state index in [4.69, 9.17) is 22.5 Å². The Labute approximate surface area is 274 Å². The van der Waals surface area contributed by atoms with Crippen LogP contribution in [-0.4, -0.2) is 103 Å². The quantitative estimate of drug-likeness (QED) is 0.370. The molecule has 5 atom stereocenters. The van der Waals surface area contributed by atoms with E-state index in [1.807, 2.05) is 27.7 Å². The Morgan fingerprint density at radius 3 is 2.02 bits per heavy atom. The predicted molar refractivity (Wildman–Crippen MR) is 177 cm³/mol. The molecular weight excluding hydrogens is 675 g/mol. The van der Waals surface area contributed by atoms with E-state index in [9.17, 15) is 26.4 Å². The molecule has 0 saturated carbocycles. The van der Waals surface area contributed by atoms with Crippen LogP contribution in [0.1, 0.15) is 73.6 Å². The lowest BCUT2D eigenvalue weighted by Crippen LogP contribution is -2.68. The van der Waals surface area contributed by atoms with Gasteiger partial charge >= 0.3 is 22.8 Å². The summed E-state index contributed by atoms with van der Waals surface area (Å²) in [6.07, 6.45) is 0.236. The molecule has 0 radical (unpaired) electrons. The van der Waals surface area contributed by atoms with Crippen LogP contribution < -0.4 is 11.2 Å². The number of aromatic amines is 1. The summed E-state index contributed by atoms with van der Waals surface area (Å²) in [6.45, 7) is 17.9. The number of rotatable bonds is 9. The Hall–Kier alpha value is -1.23. The van der Waals surface area contributed by atoms with Gasteiger partial charge in [0.15, 0.2) is 21.5 Å². The highest BCUT2D eigenvalue weighted by molar-refractivity contribution is 7.91. The van der Waals surface area contributed by atoms with E-state index in [1.165, 1.54) is 15.8 Å². The molecule has 18 heteroatoms. The number of sulfone groups is 2. The fourth-order valence-corrected chi connectivity index (χ4v) is 19.8. The lowest BCUT2D eigenvalue weighted by molar-refractivity contribution is -0.204. The van der Waals surface area contributed by atoms with Crippen molar-refractivity contribution >= 4 is 36.8 Å². The summed E-state index contributed by atoms with van der Waals surface area (Å²) in [5.74, 6) is -0.366. The Bertz CT molecular complexity index is 1610. The van der Waals surface area contributed by atoms with Gasteiger partial charge in [-0.25, -0.2) is 21.6 Å². The van der Waals surface area contributed by atoms with E-state index in [1.54, 1.807) is 6.92 Å². The lowest BCUT2D eigenvalue weighted by atomic mass is 9.86. The number of nitrogens with zero attached hydrogens (tertiary/aromatic N) is 2. The fourth-order valence-electron chi connectivity index (χ4n) is 7.18. The normalized spacial score (nSPS) is 30.4. The zero-order valence-corrected chi connectivity index (χ0v) is 32.4. The smallest absolute Gasteiger partial charge is 0.335 e. The monoisotopic (exact) mass is 725 g/mol.